The van der Waals surface area contributed by atoms with Crippen LogP contribution in [0.15, 0.2) is 6.20 Å². The van der Waals surface area contributed by atoms with Crippen molar-refractivity contribution in [3.05, 3.63) is 11.9 Å². The van der Waals surface area contributed by atoms with Crippen molar-refractivity contribution in [2.45, 2.75) is 26.0 Å². The van der Waals surface area contributed by atoms with Gasteiger partial charge in [0.05, 0.1) is 25.5 Å². The van der Waals surface area contributed by atoms with Crippen LogP contribution in [0.1, 0.15) is 23.8 Å². The van der Waals surface area contributed by atoms with Gasteiger partial charge in [-0.25, -0.2) is 5.84 Å². The molecule has 0 radical (unpaired) electrons. The number of aromatic nitrogens is 3. The third-order valence-electron chi connectivity index (χ3n) is 3.23. The zero-order chi connectivity index (χ0) is 13.7. The number of nitrogens with two attached hydrogens (primary N) is 1. The summed E-state index contributed by atoms with van der Waals surface area (Å²) < 4.78 is 7.27. The Morgan fingerprint density at radius 3 is 3.21 bits per heavy atom. The summed E-state index contributed by atoms with van der Waals surface area (Å²) in [5.41, 5.74) is 2.26. The third-order valence-corrected chi connectivity index (χ3v) is 3.23. The molecule has 0 spiro atoms. The monoisotopic (exact) mass is 268 g/mol. The van der Waals surface area contributed by atoms with Crippen molar-refractivity contribution in [2.75, 3.05) is 26.2 Å². The Morgan fingerprint density at radius 1 is 1.63 bits per heavy atom. The van der Waals surface area contributed by atoms with Gasteiger partial charge in [0.2, 0.25) is 0 Å². The van der Waals surface area contributed by atoms with Gasteiger partial charge in [-0.1, -0.05) is 12.1 Å². The Hall–Kier alpha value is -1.51. The fourth-order valence-corrected chi connectivity index (χ4v) is 2.06. The second kappa shape index (κ2) is 6.60. The van der Waals surface area contributed by atoms with Gasteiger partial charge in [-0.2, -0.15) is 0 Å². The normalized spacial score (nSPS) is 20.4. The van der Waals surface area contributed by atoms with E-state index in [1.54, 1.807) is 10.9 Å². The van der Waals surface area contributed by atoms with Gasteiger partial charge >= 0.3 is 0 Å². The second-order valence-corrected chi connectivity index (χ2v) is 4.54. The molecule has 1 fully saturated rings. The number of hydrazine groups is 1. The summed E-state index contributed by atoms with van der Waals surface area (Å²) in [4.78, 5) is 13.6. The van der Waals surface area contributed by atoms with E-state index in [1.165, 1.54) is 0 Å². The van der Waals surface area contributed by atoms with E-state index < -0.39 is 5.91 Å². The molecule has 0 aliphatic carbocycles. The molecule has 8 heteroatoms. The molecule has 1 aliphatic heterocycles. The quantitative estimate of drug-likeness (QED) is 0.403. The number of nitrogens with zero attached hydrogens (tertiary/aromatic N) is 4. The first-order valence-electron chi connectivity index (χ1n) is 6.48. The van der Waals surface area contributed by atoms with Crippen molar-refractivity contribution >= 4 is 5.91 Å². The summed E-state index contributed by atoms with van der Waals surface area (Å²) in [6.07, 6.45) is 2.95. The lowest BCUT2D eigenvalue weighted by molar-refractivity contribution is -0.0307. The van der Waals surface area contributed by atoms with Crippen LogP contribution in [-0.2, 0) is 11.3 Å². The zero-order valence-corrected chi connectivity index (χ0v) is 11.1. The second-order valence-electron chi connectivity index (χ2n) is 4.54. The number of carbonyl (C=O) groups excluding carboxylic acids is 1. The van der Waals surface area contributed by atoms with E-state index >= 15 is 0 Å². The lowest BCUT2D eigenvalue weighted by atomic mass is 10.2. The fraction of sp³-hybridized carbons (Fsp3) is 0.727. The number of morpholine rings is 1. The highest BCUT2D eigenvalue weighted by molar-refractivity contribution is 5.91. The first-order chi connectivity index (χ1) is 9.22. The minimum Gasteiger partial charge on any atom is -0.376 e. The molecule has 1 aromatic rings. The van der Waals surface area contributed by atoms with Crippen LogP contribution in [0.25, 0.3) is 0 Å². The van der Waals surface area contributed by atoms with Crippen molar-refractivity contribution in [3.63, 3.8) is 0 Å². The highest BCUT2D eigenvalue weighted by atomic mass is 16.5. The molecular formula is C11H20N6O2. The van der Waals surface area contributed by atoms with E-state index in [9.17, 15) is 4.79 Å². The number of nitrogens with one attached hydrogen (secondary N) is 1. The van der Waals surface area contributed by atoms with Gasteiger partial charge in [-0.3, -0.25) is 19.8 Å². The molecule has 0 aromatic carbocycles. The van der Waals surface area contributed by atoms with E-state index in [2.05, 4.69) is 22.1 Å². The number of hydrogen-bond acceptors (Lipinski definition) is 6. The van der Waals surface area contributed by atoms with Crippen LogP contribution < -0.4 is 11.3 Å². The molecule has 1 atom stereocenters. The third kappa shape index (κ3) is 3.72. The number of carbonyl (C=O) groups is 1. The van der Waals surface area contributed by atoms with Crippen LogP contribution in [0.4, 0.5) is 0 Å². The molecule has 2 rings (SSSR count). The summed E-state index contributed by atoms with van der Waals surface area (Å²) in [7, 11) is 0. The Balaban J connectivity index is 1.81. The highest BCUT2D eigenvalue weighted by Gasteiger charge is 2.18. The molecule has 1 aliphatic rings. The summed E-state index contributed by atoms with van der Waals surface area (Å²) in [5, 5.41) is 7.66. The van der Waals surface area contributed by atoms with Gasteiger partial charge in [0.1, 0.15) is 0 Å². The van der Waals surface area contributed by atoms with Gasteiger partial charge < -0.3 is 4.74 Å². The summed E-state index contributed by atoms with van der Waals surface area (Å²) in [6.45, 7) is 6.34. The molecule has 1 amide bonds. The molecule has 3 N–H and O–H groups in total. The largest absolute Gasteiger partial charge is 0.376 e. The van der Waals surface area contributed by atoms with Crippen LogP contribution >= 0.6 is 0 Å². The van der Waals surface area contributed by atoms with Gasteiger partial charge in [-0.05, 0) is 6.42 Å². The Bertz CT molecular complexity index is 421. The predicted molar refractivity (Wildman–Crippen MR) is 68.1 cm³/mol. The van der Waals surface area contributed by atoms with Crippen molar-refractivity contribution in [1.82, 2.24) is 25.3 Å². The Morgan fingerprint density at radius 2 is 2.47 bits per heavy atom. The van der Waals surface area contributed by atoms with Crippen LogP contribution in [0.5, 0.6) is 0 Å². The van der Waals surface area contributed by atoms with E-state index in [0.717, 1.165) is 32.7 Å². The van der Waals surface area contributed by atoms with Gasteiger partial charge in [-0.15, -0.1) is 5.10 Å². The lowest BCUT2D eigenvalue weighted by Gasteiger charge is -2.32. The molecule has 106 valence electrons. The van der Waals surface area contributed by atoms with Crippen molar-refractivity contribution in [3.8, 4) is 0 Å². The maximum absolute atomic E-state index is 11.2. The highest BCUT2D eigenvalue weighted by Crippen LogP contribution is 2.08. The van der Waals surface area contributed by atoms with E-state index in [0.29, 0.717) is 12.6 Å². The zero-order valence-electron chi connectivity index (χ0n) is 11.1. The van der Waals surface area contributed by atoms with Crippen molar-refractivity contribution in [1.29, 1.82) is 0 Å². The van der Waals surface area contributed by atoms with Gasteiger partial charge in [0.15, 0.2) is 5.69 Å². The maximum atomic E-state index is 11.2. The molecular weight excluding hydrogens is 248 g/mol. The SMILES string of the molecule is CCC1CN(CCn2cc(C(=O)NN)nn2)CCO1. The van der Waals surface area contributed by atoms with E-state index in [4.69, 9.17) is 10.6 Å². The van der Waals surface area contributed by atoms with Crippen LogP contribution in [0, 0.1) is 0 Å². The summed E-state index contributed by atoms with van der Waals surface area (Å²) in [6, 6.07) is 0. The molecule has 2 heterocycles. The molecule has 1 unspecified atom stereocenters. The standard InChI is InChI=1S/C11H20N6O2/c1-2-9-7-16(5-6-19-9)3-4-17-8-10(14-15-17)11(18)13-12/h8-9H,2-7,12H2,1H3,(H,13,18). The number of amides is 1. The van der Waals surface area contributed by atoms with Gasteiger partial charge in [0.25, 0.3) is 5.91 Å². The average Bonchev–Trinajstić information content (AvgIpc) is 2.93. The first kappa shape index (κ1) is 13.9. The molecule has 1 saturated heterocycles. The van der Waals surface area contributed by atoms with Crippen LogP contribution in [-0.4, -0.2) is 58.1 Å². The Kier molecular flexibility index (Phi) is 4.83. The van der Waals surface area contributed by atoms with Crippen molar-refractivity contribution < 1.29 is 9.53 Å². The number of hydrogen-bond donors (Lipinski definition) is 2. The number of nitrogen functional groups attached to an aromatic ring is 1. The summed E-state index contributed by atoms with van der Waals surface area (Å²) >= 11 is 0. The topological polar surface area (TPSA) is 98.3 Å². The summed E-state index contributed by atoms with van der Waals surface area (Å²) in [5.74, 6) is 4.61. The van der Waals surface area contributed by atoms with Crippen molar-refractivity contribution in [2.24, 2.45) is 5.84 Å². The first-order valence-corrected chi connectivity index (χ1v) is 6.48. The molecule has 0 bridgehead atoms. The molecule has 8 nitrogen and oxygen atoms in total. The maximum Gasteiger partial charge on any atom is 0.287 e. The van der Waals surface area contributed by atoms with Crippen LogP contribution in [0.3, 0.4) is 0 Å². The fourth-order valence-electron chi connectivity index (χ4n) is 2.06. The number of ether oxygens (including phenoxy) is 1. The number of rotatable bonds is 5. The molecule has 19 heavy (non-hydrogen) atoms. The average molecular weight is 268 g/mol. The minimum atomic E-state index is -0.427. The van der Waals surface area contributed by atoms with Crippen LogP contribution in [0.2, 0.25) is 0 Å². The minimum absolute atomic E-state index is 0.232. The Labute approximate surface area is 111 Å². The van der Waals surface area contributed by atoms with E-state index in [-0.39, 0.29) is 5.69 Å². The lowest BCUT2D eigenvalue weighted by Crippen LogP contribution is -2.43. The predicted octanol–water partition coefficient (Wildman–Crippen LogP) is -1.01. The molecule has 0 saturated carbocycles. The van der Waals surface area contributed by atoms with Gasteiger partial charge in [0, 0.05) is 19.6 Å². The van der Waals surface area contributed by atoms with E-state index in [1.807, 2.05) is 5.43 Å². The smallest absolute Gasteiger partial charge is 0.287 e. The molecule has 1 aromatic heterocycles.